The number of ether oxygens (including phenoxy) is 1. The summed E-state index contributed by atoms with van der Waals surface area (Å²) in [5, 5.41) is 9.10. The Morgan fingerprint density at radius 3 is 2.74 bits per heavy atom. The molecule has 0 saturated carbocycles. The molecule has 0 aromatic heterocycles. The zero-order chi connectivity index (χ0) is 19.1. The van der Waals surface area contributed by atoms with Gasteiger partial charge in [0.25, 0.3) is 0 Å². The summed E-state index contributed by atoms with van der Waals surface area (Å²) in [5.74, 6) is 3.40. The molecule has 2 aliphatic heterocycles. The first-order chi connectivity index (χ1) is 13.2. The van der Waals surface area contributed by atoms with E-state index in [1.807, 2.05) is 23.5 Å². The van der Waals surface area contributed by atoms with Crippen molar-refractivity contribution in [3.05, 3.63) is 30.3 Å². The van der Waals surface area contributed by atoms with Crippen molar-refractivity contribution in [2.45, 2.75) is 67.8 Å². The highest BCUT2D eigenvalue weighted by atomic mass is 32.2. The fraction of sp³-hybridized carbons (Fsp3) is 0.667. The normalized spacial score (nSPS) is 27.6. The number of fused-ring (bicyclic) bond motifs is 2. The molecule has 0 radical (unpaired) electrons. The summed E-state index contributed by atoms with van der Waals surface area (Å²) in [6, 6.07) is 10.7. The average molecular weight is 410 g/mol. The molecule has 4 nitrogen and oxygen atoms in total. The van der Waals surface area contributed by atoms with E-state index in [1.54, 1.807) is 5.48 Å². The topological polar surface area (TPSA) is 58.6 Å². The average Bonchev–Trinajstić information content (AvgIpc) is 3.29. The molecule has 27 heavy (non-hydrogen) atoms. The van der Waals surface area contributed by atoms with Crippen LogP contribution in [0.15, 0.2) is 35.2 Å². The Bertz CT molecular complexity index is 586. The van der Waals surface area contributed by atoms with Crippen LogP contribution < -0.4 is 5.48 Å². The van der Waals surface area contributed by atoms with E-state index in [-0.39, 0.29) is 5.91 Å². The number of amides is 1. The van der Waals surface area contributed by atoms with E-state index in [9.17, 15) is 4.79 Å². The minimum Gasteiger partial charge on any atom is -0.374 e. The van der Waals surface area contributed by atoms with Crippen molar-refractivity contribution in [3.63, 3.8) is 0 Å². The molecule has 2 fully saturated rings. The predicted octanol–water partition coefficient (Wildman–Crippen LogP) is 4.76. The number of carbonyl (C=O) groups excluding carboxylic acids is 1. The lowest BCUT2D eigenvalue weighted by Crippen LogP contribution is -2.30. The number of hydrogen-bond donors (Lipinski definition) is 2. The summed E-state index contributed by atoms with van der Waals surface area (Å²) in [6.45, 7) is 2.25. The maximum atomic E-state index is 11.1. The number of thioether (sulfide) groups is 2. The first kappa shape index (κ1) is 21.0. The SMILES string of the molecule is CC(CCCC(=O)NO)SCC1C2CCC(O2)C1CCSc1ccccc1. The van der Waals surface area contributed by atoms with Gasteiger partial charge in [0.2, 0.25) is 5.91 Å². The Morgan fingerprint density at radius 1 is 1.26 bits per heavy atom. The van der Waals surface area contributed by atoms with Gasteiger partial charge in [-0.15, -0.1) is 11.8 Å². The number of hydrogen-bond acceptors (Lipinski definition) is 5. The molecular formula is C21H31NO3S2. The van der Waals surface area contributed by atoms with Gasteiger partial charge in [0.05, 0.1) is 12.2 Å². The van der Waals surface area contributed by atoms with Crippen molar-refractivity contribution in [2.75, 3.05) is 11.5 Å². The monoisotopic (exact) mass is 409 g/mol. The lowest BCUT2D eigenvalue weighted by molar-refractivity contribution is -0.129. The van der Waals surface area contributed by atoms with E-state index >= 15 is 0 Å². The van der Waals surface area contributed by atoms with E-state index < -0.39 is 0 Å². The summed E-state index contributed by atoms with van der Waals surface area (Å²) >= 11 is 3.98. The van der Waals surface area contributed by atoms with Gasteiger partial charge in [-0.05, 0) is 67.6 Å². The molecule has 5 unspecified atom stereocenters. The molecule has 2 N–H and O–H groups in total. The van der Waals surface area contributed by atoms with Gasteiger partial charge in [-0.1, -0.05) is 25.1 Å². The highest BCUT2D eigenvalue weighted by Gasteiger charge is 2.48. The van der Waals surface area contributed by atoms with Crippen LogP contribution in [0.2, 0.25) is 0 Å². The van der Waals surface area contributed by atoms with Crippen molar-refractivity contribution in [1.82, 2.24) is 5.48 Å². The number of carbonyl (C=O) groups is 1. The number of hydroxylamine groups is 1. The van der Waals surface area contributed by atoms with Gasteiger partial charge in [0.1, 0.15) is 0 Å². The molecule has 2 saturated heterocycles. The molecule has 0 spiro atoms. The van der Waals surface area contributed by atoms with Crippen molar-refractivity contribution < 1.29 is 14.7 Å². The Kier molecular flexibility index (Phi) is 8.37. The number of nitrogens with one attached hydrogen (secondary N) is 1. The third kappa shape index (κ3) is 6.14. The molecular weight excluding hydrogens is 378 g/mol. The van der Waals surface area contributed by atoms with E-state index in [1.165, 1.54) is 24.2 Å². The van der Waals surface area contributed by atoms with Crippen LogP contribution in [0, 0.1) is 11.8 Å². The van der Waals surface area contributed by atoms with Gasteiger partial charge in [-0.3, -0.25) is 10.0 Å². The summed E-state index contributed by atoms with van der Waals surface area (Å²) < 4.78 is 6.26. The molecule has 1 aromatic carbocycles. The van der Waals surface area contributed by atoms with Crippen molar-refractivity contribution in [1.29, 1.82) is 0 Å². The molecule has 6 heteroatoms. The minimum atomic E-state index is -0.287. The lowest BCUT2D eigenvalue weighted by atomic mass is 9.79. The van der Waals surface area contributed by atoms with Crippen molar-refractivity contribution >= 4 is 29.4 Å². The van der Waals surface area contributed by atoms with Crippen molar-refractivity contribution in [2.24, 2.45) is 11.8 Å². The van der Waals surface area contributed by atoms with Crippen LogP contribution in [0.1, 0.15) is 45.4 Å². The van der Waals surface area contributed by atoms with Crippen LogP contribution in [-0.2, 0) is 9.53 Å². The van der Waals surface area contributed by atoms with Crippen LogP contribution in [0.5, 0.6) is 0 Å². The molecule has 5 atom stereocenters. The Labute approximate surface area is 171 Å². The number of rotatable bonds is 11. The van der Waals surface area contributed by atoms with Gasteiger partial charge in [-0.25, -0.2) is 5.48 Å². The molecule has 3 rings (SSSR count). The summed E-state index contributed by atoms with van der Waals surface area (Å²) in [4.78, 5) is 12.5. The third-order valence-electron chi connectivity index (χ3n) is 5.77. The maximum absolute atomic E-state index is 11.1. The molecule has 2 bridgehead atoms. The summed E-state index contributed by atoms with van der Waals surface area (Å²) in [6.07, 6.45) is 6.86. The minimum absolute atomic E-state index is 0.287. The summed E-state index contributed by atoms with van der Waals surface area (Å²) in [5.41, 5.74) is 1.71. The zero-order valence-electron chi connectivity index (χ0n) is 16.0. The molecule has 1 aromatic rings. The predicted molar refractivity (Wildman–Crippen MR) is 112 cm³/mol. The van der Waals surface area contributed by atoms with E-state index in [0.717, 1.165) is 24.3 Å². The second-order valence-corrected chi connectivity index (χ2v) is 10.3. The smallest absolute Gasteiger partial charge is 0.243 e. The van der Waals surface area contributed by atoms with Crippen LogP contribution in [0.3, 0.4) is 0 Å². The molecule has 2 heterocycles. The van der Waals surface area contributed by atoms with E-state index in [0.29, 0.717) is 35.7 Å². The van der Waals surface area contributed by atoms with Crippen molar-refractivity contribution in [3.8, 4) is 0 Å². The Balaban J connectivity index is 1.40. The van der Waals surface area contributed by atoms with Gasteiger partial charge in [0.15, 0.2) is 0 Å². The molecule has 2 aliphatic rings. The maximum Gasteiger partial charge on any atom is 0.243 e. The number of benzene rings is 1. The van der Waals surface area contributed by atoms with Crippen LogP contribution in [0.4, 0.5) is 0 Å². The van der Waals surface area contributed by atoms with Gasteiger partial charge >= 0.3 is 0 Å². The highest BCUT2D eigenvalue weighted by molar-refractivity contribution is 7.99. The molecule has 1 amide bonds. The molecule has 0 aliphatic carbocycles. The van der Waals surface area contributed by atoms with E-state index in [2.05, 4.69) is 37.3 Å². The Hall–Kier alpha value is -0.690. The third-order valence-corrected chi connectivity index (χ3v) is 8.19. The first-order valence-corrected chi connectivity index (χ1v) is 12.1. The first-order valence-electron chi connectivity index (χ1n) is 10.0. The van der Waals surface area contributed by atoms with Gasteiger partial charge in [-0.2, -0.15) is 11.8 Å². The van der Waals surface area contributed by atoms with Crippen LogP contribution in [0.25, 0.3) is 0 Å². The lowest BCUT2D eigenvalue weighted by Gasteiger charge is -2.28. The zero-order valence-corrected chi connectivity index (χ0v) is 17.6. The van der Waals surface area contributed by atoms with Crippen LogP contribution >= 0.6 is 23.5 Å². The second-order valence-electron chi connectivity index (χ2n) is 7.64. The fourth-order valence-electron chi connectivity index (χ4n) is 4.30. The highest BCUT2D eigenvalue weighted by Crippen LogP contribution is 2.47. The standard InChI is InChI=1S/C21H31NO3S2/c1-15(6-5-9-21(23)22-24)27-14-18-17(19-10-11-20(18)25-19)12-13-26-16-7-3-2-4-8-16/h2-4,7-8,15,17-20,24H,5-6,9-14H2,1H3,(H,22,23). The Morgan fingerprint density at radius 2 is 2.00 bits per heavy atom. The van der Waals surface area contributed by atoms with Gasteiger partial charge in [0, 0.05) is 16.6 Å². The largest absolute Gasteiger partial charge is 0.374 e. The quantitative estimate of drug-likeness (QED) is 0.313. The summed E-state index contributed by atoms with van der Waals surface area (Å²) in [7, 11) is 0. The second kappa shape index (κ2) is 10.7. The molecule has 150 valence electrons. The van der Waals surface area contributed by atoms with Gasteiger partial charge < -0.3 is 4.74 Å². The fourth-order valence-corrected chi connectivity index (χ4v) is 6.62. The van der Waals surface area contributed by atoms with Crippen LogP contribution in [-0.4, -0.2) is 40.1 Å². The van der Waals surface area contributed by atoms with E-state index in [4.69, 9.17) is 9.94 Å².